The number of ether oxygens (including phenoxy) is 1. The van der Waals surface area contributed by atoms with E-state index in [0.717, 1.165) is 0 Å². The third-order valence-electron chi connectivity index (χ3n) is 0.616. The number of hydrogen-bond acceptors (Lipinski definition) is 3. The summed E-state index contributed by atoms with van der Waals surface area (Å²) < 4.78 is 4.87. The molecule has 0 bridgehead atoms. The molecule has 0 radical (unpaired) electrons. The Morgan fingerprint density at radius 1 is 1.75 bits per heavy atom. The van der Waals surface area contributed by atoms with Crippen LogP contribution in [-0.2, 0) is 4.74 Å². The van der Waals surface area contributed by atoms with Crippen molar-refractivity contribution in [3.8, 4) is 0 Å². The fourth-order valence-electron chi connectivity index (χ4n) is 0.334. The van der Waals surface area contributed by atoms with Crippen LogP contribution >= 0.6 is 0 Å². The standard InChI is InChI=1S/C5H13NO2/c1-5(6)4-8-3-2-7/h5,7H,2-4,6H2,1H3/t5-/m1/s1. The van der Waals surface area contributed by atoms with Gasteiger partial charge < -0.3 is 15.6 Å². The molecule has 1 atom stereocenters. The Morgan fingerprint density at radius 3 is 2.75 bits per heavy atom. The van der Waals surface area contributed by atoms with Crippen LogP contribution in [0.25, 0.3) is 0 Å². The zero-order chi connectivity index (χ0) is 6.41. The van der Waals surface area contributed by atoms with Crippen molar-refractivity contribution in [3.63, 3.8) is 0 Å². The molecule has 0 unspecified atom stereocenters. The lowest BCUT2D eigenvalue weighted by molar-refractivity contribution is 0.0858. The molecule has 0 aliphatic carbocycles. The number of nitrogens with two attached hydrogens (primary N) is 1. The zero-order valence-corrected chi connectivity index (χ0v) is 5.13. The van der Waals surface area contributed by atoms with Crippen molar-refractivity contribution >= 4 is 0 Å². The lowest BCUT2D eigenvalue weighted by atomic mass is 10.4. The van der Waals surface area contributed by atoms with E-state index < -0.39 is 0 Å². The summed E-state index contributed by atoms with van der Waals surface area (Å²) >= 11 is 0. The first kappa shape index (κ1) is 7.88. The highest BCUT2D eigenvalue weighted by Gasteiger charge is 1.90. The maximum absolute atomic E-state index is 8.21. The van der Waals surface area contributed by atoms with E-state index in [2.05, 4.69) is 0 Å². The first-order valence-corrected chi connectivity index (χ1v) is 2.71. The van der Waals surface area contributed by atoms with Gasteiger partial charge in [0, 0.05) is 6.04 Å². The number of rotatable bonds is 4. The predicted octanol–water partition coefficient (Wildman–Crippen LogP) is -0.658. The van der Waals surface area contributed by atoms with Crippen molar-refractivity contribution in [1.29, 1.82) is 0 Å². The molecule has 0 amide bonds. The number of aliphatic hydroxyl groups is 1. The molecule has 0 fully saturated rings. The Labute approximate surface area is 49.4 Å². The van der Waals surface area contributed by atoms with E-state index in [1.54, 1.807) is 0 Å². The molecule has 0 aliphatic rings. The molecule has 3 heteroatoms. The number of aliphatic hydroxyl groups excluding tert-OH is 1. The van der Waals surface area contributed by atoms with Crippen molar-refractivity contribution in [2.24, 2.45) is 5.73 Å². The SMILES string of the molecule is C[C@@H](N)COCCO. The highest BCUT2D eigenvalue weighted by molar-refractivity contribution is 4.47. The molecule has 3 nitrogen and oxygen atoms in total. The van der Waals surface area contributed by atoms with Crippen LogP contribution in [0.2, 0.25) is 0 Å². The molecule has 0 saturated carbocycles. The molecule has 8 heavy (non-hydrogen) atoms. The van der Waals surface area contributed by atoms with E-state index in [1.807, 2.05) is 6.92 Å². The van der Waals surface area contributed by atoms with Crippen LogP contribution < -0.4 is 5.73 Å². The molecule has 0 aromatic rings. The Kier molecular flexibility index (Phi) is 4.95. The van der Waals surface area contributed by atoms with Gasteiger partial charge in [-0.2, -0.15) is 0 Å². The second-order valence-corrected chi connectivity index (χ2v) is 1.78. The number of hydrogen-bond donors (Lipinski definition) is 2. The average Bonchev–Trinajstić information content (AvgIpc) is 1.66. The minimum Gasteiger partial charge on any atom is -0.394 e. The lowest BCUT2D eigenvalue weighted by Crippen LogP contribution is -2.22. The minimum atomic E-state index is 0.0709. The van der Waals surface area contributed by atoms with Gasteiger partial charge in [0.05, 0.1) is 19.8 Å². The summed E-state index contributed by atoms with van der Waals surface area (Å²) in [7, 11) is 0. The van der Waals surface area contributed by atoms with Gasteiger partial charge >= 0.3 is 0 Å². The van der Waals surface area contributed by atoms with Crippen LogP contribution in [0.15, 0.2) is 0 Å². The summed E-state index contributed by atoms with van der Waals surface area (Å²) in [6, 6.07) is 0.0709. The van der Waals surface area contributed by atoms with Gasteiger partial charge in [-0.1, -0.05) is 0 Å². The molecule has 50 valence electrons. The lowest BCUT2D eigenvalue weighted by Gasteiger charge is -2.03. The summed E-state index contributed by atoms with van der Waals surface area (Å²) in [5.74, 6) is 0. The molecule has 0 spiro atoms. The van der Waals surface area contributed by atoms with Crippen LogP contribution in [0.1, 0.15) is 6.92 Å². The van der Waals surface area contributed by atoms with Crippen molar-refractivity contribution in [1.82, 2.24) is 0 Å². The third kappa shape index (κ3) is 5.88. The topological polar surface area (TPSA) is 55.5 Å². The van der Waals surface area contributed by atoms with Crippen LogP contribution in [-0.4, -0.2) is 31.0 Å². The van der Waals surface area contributed by atoms with Crippen molar-refractivity contribution in [2.75, 3.05) is 19.8 Å². The summed E-state index contributed by atoms with van der Waals surface area (Å²) in [4.78, 5) is 0. The molecule has 0 heterocycles. The van der Waals surface area contributed by atoms with Gasteiger partial charge in [-0.25, -0.2) is 0 Å². The molecule has 0 saturated heterocycles. The molecule has 0 aromatic heterocycles. The maximum Gasteiger partial charge on any atom is 0.0698 e. The monoisotopic (exact) mass is 119 g/mol. The van der Waals surface area contributed by atoms with Crippen LogP contribution in [0.5, 0.6) is 0 Å². The minimum absolute atomic E-state index is 0.0709. The van der Waals surface area contributed by atoms with Gasteiger partial charge in [-0.15, -0.1) is 0 Å². The van der Waals surface area contributed by atoms with Crippen molar-refractivity contribution in [2.45, 2.75) is 13.0 Å². The molecule has 0 aliphatic heterocycles. The quantitative estimate of drug-likeness (QED) is 0.483. The Balaban J connectivity index is 2.72. The van der Waals surface area contributed by atoms with Crippen LogP contribution in [0.4, 0.5) is 0 Å². The summed E-state index contributed by atoms with van der Waals surface area (Å²) in [6.07, 6.45) is 0. The largest absolute Gasteiger partial charge is 0.394 e. The molecule has 0 rings (SSSR count). The van der Waals surface area contributed by atoms with E-state index >= 15 is 0 Å². The van der Waals surface area contributed by atoms with E-state index in [4.69, 9.17) is 15.6 Å². The first-order valence-electron chi connectivity index (χ1n) is 2.71. The van der Waals surface area contributed by atoms with Crippen LogP contribution in [0, 0.1) is 0 Å². The highest BCUT2D eigenvalue weighted by atomic mass is 16.5. The van der Waals surface area contributed by atoms with Gasteiger partial charge in [-0.05, 0) is 6.92 Å². The van der Waals surface area contributed by atoms with Crippen LogP contribution in [0.3, 0.4) is 0 Å². The third-order valence-corrected chi connectivity index (χ3v) is 0.616. The predicted molar refractivity (Wildman–Crippen MR) is 31.6 cm³/mol. The van der Waals surface area contributed by atoms with E-state index in [0.29, 0.717) is 13.2 Å². The molecular formula is C5H13NO2. The fraction of sp³-hybridized carbons (Fsp3) is 1.00. The first-order chi connectivity index (χ1) is 3.77. The Morgan fingerprint density at radius 2 is 2.38 bits per heavy atom. The Bertz CT molecular complexity index is 47.7. The van der Waals surface area contributed by atoms with E-state index in [9.17, 15) is 0 Å². The zero-order valence-electron chi connectivity index (χ0n) is 5.13. The second-order valence-electron chi connectivity index (χ2n) is 1.78. The van der Waals surface area contributed by atoms with Gasteiger partial charge in [0.2, 0.25) is 0 Å². The molecule has 3 N–H and O–H groups in total. The fourth-order valence-corrected chi connectivity index (χ4v) is 0.334. The van der Waals surface area contributed by atoms with Gasteiger partial charge in [-0.3, -0.25) is 0 Å². The van der Waals surface area contributed by atoms with Gasteiger partial charge in [0.15, 0.2) is 0 Å². The molecule has 0 aromatic carbocycles. The normalized spacial score (nSPS) is 13.9. The van der Waals surface area contributed by atoms with Gasteiger partial charge in [0.25, 0.3) is 0 Å². The van der Waals surface area contributed by atoms with E-state index in [-0.39, 0.29) is 12.6 Å². The van der Waals surface area contributed by atoms with Crippen molar-refractivity contribution < 1.29 is 9.84 Å². The molecular weight excluding hydrogens is 106 g/mol. The Hall–Kier alpha value is -0.120. The highest BCUT2D eigenvalue weighted by Crippen LogP contribution is 1.76. The summed E-state index contributed by atoms with van der Waals surface area (Å²) in [5.41, 5.74) is 5.33. The van der Waals surface area contributed by atoms with Crippen molar-refractivity contribution in [3.05, 3.63) is 0 Å². The summed E-state index contributed by atoms with van der Waals surface area (Å²) in [6.45, 7) is 2.85. The smallest absolute Gasteiger partial charge is 0.0698 e. The second kappa shape index (κ2) is 5.03. The van der Waals surface area contributed by atoms with E-state index in [1.165, 1.54) is 0 Å². The van der Waals surface area contributed by atoms with Gasteiger partial charge in [0.1, 0.15) is 0 Å². The maximum atomic E-state index is 8.21. The summed E-state index contributed by atoms with van der Waals surface area (Å²) in [5, 5.41) is 8.21. The average molecular weight is 119 g/mol.